The maximum Gasteiger partial charge on any atom is 1.00 e. The van der Waals surface area contributed by atoms with Crippen molar-refractivity contribution >= 4 is 23.4 Å². The molecule has 2 aromatic rings. The van der Waals surface area contributed by atoms with Gasteiger partial charge in [-0.05, 0) is 16.8 Å². The van der Waals surface area contributed by atoms with Crippen molar-refractivity contribution < 1.29 is 29.6 Å². The molecule has 0 aliphatic heterocycles. The summed E-state index contributed by atoms with van der Waals surface area (Å²) in [6.45, 7) is 0. The predicted molar refractivity (Wildman–Crippen MR) is 54.3 cm³/mol. The van der Waals surface area contributed by atoms with E-state index in [1.54, 1.807) is 12.1 Å². The summed E-state index contributed by atoms with van der Waals surface area (Å²) in [5.41, 5.74) is 0.684. The molecule has 0 bridgehead atoms. The predicted octanol–water partition coefficient (Wildman–Crippen LogP) is -0.379. The Kier molecular flexibility index (Phi) is 3.91. The molecule has 0 saturated heterocycles. The van der Waals surface area contributed by atoms with Crippen LogP contribution in [0.25, 0.3) is 10.8 Å². The fourth-order valence-electron chi connectivity index (χ4n) is 1.37. The molecule has 0 N–H and O–H groups in total. The Morgan fingerprint density at radius 2 is 1.64 bits per heavy atom. The first-order chi connectivity index (χ1) is 6.33. The molecule has 0 fully saturated rings. The van der Waals surface area contributed by atoms with E-state index in [-0.39, 0.29) is 29.6 Å². The van der Waals surface area contributed by atoms with Gasteiger partial charge in [0.05, 0.1) is 11.6 Å². The molecule has 3 heteroatoms. The van der Waals surface area contributed by atoms with Crippen LogP contribution in [0, 0.1) is 11.3 Å². The zero-order valence-electron chi connectivity index (χ0n) is 7.82. The van der Waals surface area contributed by atoms with Crippen LogP contribution in [0.1, 0.15) is 5.56 Å². The normalized spacial score (nSPS) is 9.07. The minimum absolute atomic E-state index is 0. The molecular formula is C11H6NNaS. The van der Waals surface area contributed by atoms with E-state index < -0.39 is 0 Å². The van der Waals surface area contributed by atoms with Gasteiger partial charge in [0.25, 0.3) is 0 Å². The van der Waals surface area contributed by atoms with Gasteiger partial charge in [-0.15, -0.1) is 0 Å². The minimum Gasteiger partial charge on any atom is -0.779 e. The van der Waals surface area contributed by atoms with Crippen molar-refractivity contribution in [3.05, 3.63) is 42.0 Å². The molecule has 0 heterocycles. The summed E-state index contributed by atoms with van der Waals surface area (Å²) in [4.78, 5) is 0.801. The van der Waals surface area contributed by atoms with Gasteiger partial charge in [-0.3, -0.25) is 0 Å². The first-order valence-corrected chi connectivity index (χ1v) is 4.32. The summed E-state index contributed by atoms with van der Waals surface area (Å²) in [6, 6.07) is 13.4. The van der Waals surface area contributed by atoms with Crippen LogP contribution in [0.4, 0.5) is 0 Å². The Hall–Kier alpha value is -0.590. The van der Waals surface area contributed by atoms with E-state index in [2.05, 4.69) is 6.07 Å². The van der Waals surface area contributed by atoms with E-state index >= 15 is 0 Å². The summed E-state index contributed by atoms with van der Waals surface area (Å²) in [5, 5.41) is 10.8. The second-order valence-electron chi connectivity index (χ2n) is 2.77. The summed E-state index contributed by atoms with van der Waals surface area (Å²) in [7, 11) is 0. The fourth-order valence-corrected chi connectivity index (χ4v) is 1.61. The van der Waals surface area contributed by atoms with Gasteiger partial charge in [0, 0.05) is 0 Å². The third-order valence-electron chi connectivity index (χ3n) is 2.00. The van der Waals surface area contributed by atoms with Crippen LogP contribution < -0.4 is 29.6 Å². The quantitative estimate of drug-likeness (QED) is 0.434. The van der Waals surface area contributed by atoms with Crippen LogP contribution in [-0.2, 0) is 12.6 Å². The van der Waals surface area contributed by atoms with Crippen molar-refractivity contribution in [2.75, 3.05) is 0 Å². The standard InChI is InChI=1S/C11H7NS.Na/c12-7-8-5-6-11(13)10-4-2-1-3-9(8)10;/h1-6,13H;/q;+1/p-1. The van der Waals surface area contributed by atoms with Crippen molar-refractivity contribution in [1.29, 1.82) is 5.26 Å². The van der Waals surface area contributed by atoms with Crippen molar-refractivity contribution in [2.24, 2.45) is 0 Å². The van der Waals surface area contributed by atoms with E-state index in [1.807, 2.05) is 24.3 Å². The molecule has 0 spiro atoms. The third-order valence-corrected chi connectivity index (χ3v) is 2.36. The van der Waals surface area contributed by atoms with Crippen LogP contribution in [0.3, 0.4) is 0 Å². The Labute approximate surface area is 110 Å². The first-order valence-electron chi connectivity index (χ1n) is 3.92. The van der Waals surface area contributed by atoms with Crippen molar-refractivity contribution in [3.8, 4) is 6.07 Å². The topological polar surface area (TPSA) is 23.8 Å². The smallest absolute Gasteiger partial charge is 0.779 e. The van der Waals surface area contributed by atoms with Gasteiger partial charge in [-0.2, -0.15) is 10.2 Å². The van der Waals surface area contributed by atoms with Gasteiger partial charge in [0.1, 0.15) is 0 Å². The molecule has 0 aliphatic carbocycles. The number of rotatable bonds is 0. The Morgan fingerprint density at radius 3 is 2.29 bits per heavy atom. The Bertz CT molecular complexity index is 502. The molecule has 2 aromatic carbocycles. The Morgan fingerprint density at radius 1 is 1.00 bits per heavy atom. The maximum atomic E-state index is 8.84. The average molecular weight is 207 g/mol. The van der Waals surface area contributed by atoms with Crippen molar-refractivity contribution in [2.45, 2.75) is 4.90 Å². The third kappa shape index (κ3) is 1.92. The molecule has 14 heavy (non-hydrogen) atoms. The number of fused-ring (bicyclic) bond motifs is 1. The number of nitrogens with zero attached hydrogens (tertiary/aromatic N) is 1. The number of nitriles is 1. The molecule has 1 nitrogen and oxygen atoms in total. The van der Waals surface area contributed by atoms with Gasteiger partial charge in [0.2, 0.25) is 0 Å². The monoisotopic (exact) mass is 207 g/mol. The van der Waals surface area contributed by atoms with E-state index in [0.717, 1.165) is 15.7 Å². The maximum absolute atomic E-state index is 8.84. The second kappa shape index (κ2) is 4.77. The summed E-state index contributed by atoms with van der Waals surface area (Å²) >= 11 is 5.15. The number of benzene rings is 2. The van der Waals surface area contributed by atoms with Crippen LogP contribution in [-0.4, -0.2) is 0 Å². The van der Waals surface area contributed by atoms with Gasteiger partial charge >= 0.3 is 29.6 Å². The number of hydrogen-bond donors (Lipinski definition) is 0. The van der Waals surface area contributed by atoms with Crippen LogP contribution >= 0.6 is 0 Å². The Balaban J connectivity index is 0.000000980. The van der Waals surface area contributed by atoms with Gasteiger partial charge in [-0.1, -0.05) is 30.3 Å². The van der Waals surface area contributed by atoms with E-state index in [4.69, 9.17) is 17.9 Å². The summed E-state index contributed by atoms with van der Waals surface area (Å²) in [5.74, 6) is 0. The molecule has 0 unspecified atom stereocenters. The van der Waals surface area contributed by atoms with E-state index in [9.17, 15) is 0 Å². The molecule has 0 aromatic heterocycles. The summed E-state index contributed by atoms with van der Waals surface area (Å²) < 4.78 is 0. The molecule has 0 aliphatic rings. The fraction of sp³-hybridized carbons (Fsp3) is 0. The zero-order chi connectivity index (χ0) is 9.26. The van der Waals surface area contributed by atoms with Crippen molar-refractivity contribution in [1.82, 2.24) is 0 Å². The van der Waals surface area contributed by atoms with Gasteiger partial charge in [-0.25, -0.2) is 0 Å². The minimum atomic E-state index is 0. The van der Waals surface area contributed by atoms with Crippen LogP contribution in [0.2, 0.25) is 0 Å². The largest absolute Gasteiger partial charge is 1.00 e. The molecular weight excluding hydrogens is 201 g/mol. The SMILES string of the molecule is N#Cc1ccc([S-])c2ccccc12.[Na+]. The van der Waals surface area contributed by atoms with Crippen LogP contribution in [0.5, 0.6) is 0 Å². The van der Waals surface area contributed by atoms with Gasteiger partial charge < -0.3 is 12.6 Å². The van der Waals surface area contributed by atoms with Crippen molar-refractivity contribution in [3.63, 3.8) is 0 Å². The average Bonchev–Trinajstić information content (AvgIpc) is 2.19. The van der Waals surface area contributed by atoms with E-state index in [1.165, 1.54) is 0 Å². The second-order valence-corrected chi connectivity index (χ2v) is 3.21. The molecule has 2 rings (SSSR count). The summed E-state index contributed by atoms with van der Waals surface area (Å²) in [6.07, 6.45) is 0. The molecule has 0 saturated carbocycles. The zero-order valence-corrected chi connectivity index (χ0v) is 10.6. The molecule has 0 atom stereocenters. The van der Waals surface area contributed by atoms with Gasteiger partial charge in [0.15, 0.2) is 0 Å². The molecule has 0 radical (unpaired) electrons. The van der Waals surface area contributed by atoms with E-state index in [0.29, 0.717) is 5.56 Å². The molecule has 0 amide bonds. The molecule has 62 valence electrons. The number of hydrogen-bond acceptors (Lipinski definition) is 2. The van der Waals surface area contributed by atoms with Crippen LogP contribution in [0.15, 0.2) is 41.3 Å². The first kappa shape index (κ1) is 11.5.